The number of halogens is 4. The van der Waals surface area contributed by atoms with E-state index in [-0.39, 0.29) is 23.7 Å². The van der Waals surface area contributed by atoms with Crippen LogP contribution in [0.4, 0.5) is 13.2 Å². The fourth-order valence-corrected chi connectivity index (χ4v) is 3.90. The molecule has 4 rings (SSSR count). The van der Waals surface area contributed by atoms with Gasteiger partial charge in [0.1, 0.15) is 6.54 Å². The van der Waals surface area contributed by atoms with Gasteiger partial charge in [-0.05, 0) is 46.6 Å². The summed E-state index contributed by atoms with van der Waals surface area (Å²) in [6.07, 6.45) is -0.149. The third kappa shape index (κ3) is 4.05. The topological polar surface area (TPSA) is 80.5 Å². The van der Waals surface area contributed by atoms with Crippen molar-refractivity contribution in [2.24, 2.45) is 0 Å². The number of hydrogen-bond donors (Lipinski definition) is 0. The molecule has 0 fully saturated rings. The second-order valence-corrected chi connectivity index (χ2v) is 7.81. The Morgan fingerprint density at radius 2 is 2.00 bits per heavy atom. The van der Waals surface area contributed by atoms with Crippen molar-refractivity contribution < 1.29 is 17.6 Å². The zero-order valence-corrected chi connectivity index (χ0v) is 17.8. The maximum absolute atomic E-state index is 13.7. The highest BCUT2D eigenvalue weighted by molar-refractivity contribution is 9.10. The molecule has 6 nitrogen and oxygen atoms in total. The summed E-state index contributed by atoms with van der Waals surface area (Å²) < 4.78 is 49.4. The third-order valence-electron chi connectivity index (χ3n) is 4.79. The van der Waals surface area contributed by atoms with Gasteiger partial charge in [0, 0.05) is 33.5 Å². The van der Waals surface area contributed by atoms with E-state index in [9.17, 15) is 18.4 Å². The smallest absolute Gasteiger partial charge is 0.418 e. The van der Waals surface area contributed by atoms with Crippen molar-refractivity contribution in [3.63, 3.8) is 0 Å². The molecule has 0 aliphatic carbocycles. The first-order chi connectivity index (χ1) is 14.8. The largest absolute Gasteiger partial charge is 0.419 e. The molecule has 0 aliphatic rings. The quantitative estimate of drug-likeness (QED) is 0.357. The molecule has 0 saturated heterocycles. The maximum atomic E-state index is 13.7. The Labute approximate surface area is 183 Å². The molecule has 0 unspecified atom stereocenters. The minimum absolute atomic E-state index is 0.00840. The average molecular weight is 490 g/mol. The van der Waals surface area contributed by atoms with Crippen molar-refractivity contribution in [3.05, 3.63) is 63.8 Å². The van der Waals surface area contributed by atoms with Crippen LogP contribution >= 0.6 is 15.9 Å². The minimum atomic E-state index is -4.65. The Kier molecular flexibility index (Phi) is 5.54. The molecule has 0 saturated carbocycles. The number of aromatic nitrogens is 4. The molecule has 31 heavy (non-hydrogen) atoms. The van der Waals surface area contributed by atoms with Crippen molar-refractivity contribution in [2.45, 2.75) is 32.5 Å². The fraction of sp³-hybridized carbons (Fsp3) is 0.238. The number of nitrogens with zero attached hydrogens (tertiary/aromatic N) is 5. The van der Waals surface area contributed by atoms with E-state index in [0.717, 1.165) is 10.9 Å². The monoisotopic (exact) mass is 489 g/mol. The van der Waals surface area contributed by atoms with E-state index >= 15 is 0 Å². The molecule has 0 N–H and O–H groups in total. The molecule has 0 aliphatic heterocycles. The van der Waals surface area contributed by atoms with Crippen LogP contribution in [0, 0.1) is 11.3 Å². The zero-order valence-electron chi connectivity index (χ0n) is 16.2. The van der Waals surface area contributed by atoms with E-state index in [0.29, 0.717) is 23.2 Å². The van der Waals surface area contributed by atoms with Gasteiger partial charge in [0.15, 0.2) is 0 Å². The molecule has 0 amide bonds. The molecule has 0 bridgehead atoms. The van der Waals surface area contributed by atoms with E-state index in [1.165, 1.54) is 18.2 Å². The lowest BCUT2D eigenvalue weighted by Crippen LogP contribution is -2.09. The van der Waals surface area contributed by atoms with Crippen molar-refractivity contribution in [3.8, 4) is 17.5 Å². The van der Waals surface area contributed by atoms with Crippen LogP contribution in [0.1, 0.15) is 36.1 Å². The Balaban J connectivity index is 1.81. The van der Waals surface area contributed by atoms with Gasteiger partial charge in [-0.2, -0.15) is 18.4 Å². The van der Waals surface area contributed by atoms with Gasteiger partial charge >= 0.3 is 6.18 Å². The highest BCUT2D eigenvalue weighted by Gasteiger charge is 2.36. The summed E-state index contributed by atoms with van der Waals surface area (Å²) in [5.41, 5.74) is 0.357. The Bertz CT molecular complexity index is 1300. The number of alkyl halides is 3. The molecule has 1 aromatic carbocycles. The summed E-state index contributed by atoms with van der Waals surface area (Å²) in [5, 5.41) is 17.3. The molecule has 0 spiro atoms. The van der Waals surface area contributed by atoms with Crippen LogP contribution in [-0.4, -0.2) is 19.7 Å². The predicted molar refractivity (Wildman–Crippen MR) is 110 cm³/mol. The highest BCUT2D eigenvalue weighted by Crippen LogP contribution is 2.39. The number of aryl methyl sites for hydroxylation is 1. The Morgan fingerprint density at radius 1 is 1.19 bits per heavy atom. The number of rotatable bonds is 5. The number of benzene rings is 1. The number of hydrogen-bond acceptors (Lipinski definition) is 5. The van der Waals surface area contributed by atoms with E-state index in [2.05, 4.69) is 31.1 Å². The first kappa shape index (κ1) is 21.1. The molecule has 3 aromatic heterocycles. The SMILES string of the molecule is CCCc1cc2c(C(F)(F)F)c(C#N)ccc2n1Cc1nnc(-c2cncc(Br)c2)o1. The Hall–Kier alpha value is -3.19. The molecule has 3 heterocycles. The van der Waals surface area contributed by atoms with Gasteiger partial charge in [-0.25, -0.2) is 0 Å². The van der Waals surface area contributed by atoms with Gasteiger partial charge in [0.25, 0.3) is 0 Å². The average Bonchev–Trinajstić information content (AvgIpc) is 3.32. The van der Waals surface area contributed by atoms with E-state index < -0.39 is 17.3 Å². The van der Waals surface area contributed by atoms with Gasteiger partial charge in [-0.15, -0.1) is 10.2 Å². The standard InChI is InChI=1S/C21H15BrF3N5O/c1-2-3-15-7-16-17(5-4-12(8-26)19(16)21(23,24)25)30(15)11-18-28-29-20(31-18)13-6-14(22)10-27-9-13/h4-7,9-10H,2-3,11H2,1H3. The number of pyridine rings is 1. The second kappa shape index (κ2) is 8.15. The Morgan fingerprint density at radius 3 is 2.68 bits per heavy atom. The van der Waals surface area contributed by atoms with Gasteiger partial charge in [0.05, 0.1) is 22.8 Å². The fourth-order valence-electron chi connectivity index (χ4n) is 3.54. The first-order valence-corrected chi connectivity index (χ1v) is 10.2. The van der Waals surface area contributed by atoms with Crippen molar-refractivity contribution in [1.29, 1.82) is 5.26 Å². The van der Waals surface area contributed by atoms with E-state index in [4.69, 9.17) is 4.42 Å². The molecule has 0 atom stereocenters. The van der Waals surface area contributed by atoms with Gasteiger partial charge < -0.3 is 8.98 Å². The van der Waals surface area contributed by atoms with Crippen LogP contribution in [0.15, 0.2) is 45.5 Å². The lowest BCUT2D eigenvalue weighted by Gasteiger charge is -2.11. The molecular weight excluding hydrogens is 475 g/mol. The van der Waals surface area contributed by atoms with Crippen molar-refractivity contribution in [2.75, 3.05) is 0 Å². The van der Waals surface area contributed by atoms with Gasteiger partial charge in [-0.3, -0.25) is 4.98 Å². The zero-order chi connectivity index (χ0) is 22.2. The van der Waals surface area contributed by atoms with Crippen molar-refractivity contribution >= 4 is 26.8 Å². The van der Waals surface area contributed by atoms with Gasteiger partial charge in [-0.1, -0.05) is 13.3 Å². The van der Waals surface area contributed by atoms with Gasteiger partial charge in [0.2, 0.25) is 11.8 Å². The first-order valence-electron chi connectivity index (χ1n) is 9.37. The van der Waals surface area contributed by atoms with Crippen LogP contribution in [0.25, 0.3) is 22.4 Å². The summed E-state index contributed by atoms with van der Waals surface area (Å²) >= 11 is 3.33. The highest BCUT2D eigenvalue weighted by atomic mass is 79.9. The van der Waals surface area contributed by atoms with Crippen LogP contribution < -0.4 is 0 Å². The van der Waals surface area contributed by atoms with Crippen LogP contribution in [-0.2, 0) is 19.1 Å². The second-order valence-electron chi connectivity index (χ2n) is 6.90. The summed E-state index contributed by atoms with van der Waals surface area (Å²) in [4.78, 5) is 4.06. The van der Waals surface area contributed by atoms with E-state index in [1.54, 1.807) is 29.1 Å². The van der Waals surface area contributed by atoms with Crippen LogP contribution in [0.3, 0.4) is 0 Å². The lowest BCUT2D eigenvalue weighted by atomic mass is 10.0. The molecule has 10 heteroatoms. The number of nitriles is 1. The maximum Gasteiger partial charge on any atom is 0.418 e. The minimum Gasteiger partial charge on any atom is -0.419 e. The van der Waals surface area contributed by atoms with Crippen molar-refractivity contribution in [1.82, 2.24) is 19.7 Å². The lowest BCUT2D eigenvalue weighted by molar-refractivity contribution is -0.136. The van der Waals surface area contributed by atoms with E-state index in [1.807, 2.05) is 6.92 Å². The molecule has 4 aromatic rings. The normalized spacial score (nSPS) is 11.7. The summed E-state index contributed by atoms with van der Waals surface area (Å²) in [6.45, 7) is 2.05. The van der Waals surface area contributed by atoms with Crippen LogP contribution in [0.2, 0.25) is 0 Å². The molecular formula is C21H15BrF3N5O. The number of fused-ring (bicyclic) bond motifs is 1. The summed E-state index contributed by atoms with van der Waals surface area (Å²) in [6, 6.07) is 7.65. The third-order valence-corrected chi connectivity index (χ3v) is 5.23. The predicted octanol–water partition coefficient (Wildman–Crippen LogP) is 5.74. The molecule has 158 valence electrons. The summed E-state index contributed by atoms with van der Waals surface area (Å²) in [5.74, 6) is 0.516. The summed E-state index contributed by atoms with van der Waals surface area (Å²) in [7, 11) is 0. The molecule has 0 radical (unpaired) electrons. The van der Waals surface area contributed by atoms with Crippen LogP contribution in [0.5, 0.6) is 0 Å².